The van der Waals surface area contributed by atoms with E-state index in [1.54, 1.807) is 11.7 Å². The maximum Gasteiger partial charge on any atom is 0.244 e. The number of hydrogen-bond donors (Lipinski definition) is 2. The molecule has 7 heteroatoms. The average Bonchev–Trinajstić information content (AvgIpc) is 3.43. The Kier molecular flexibility index (Phi) is 5.20. The molecule has 7 nitrogen and oxygen atoms in total. The third-order valence-corrected chi connectivity index (χ3v) is 5.39. The number of aromatic nitrogens is 2. The molecule has 0 spiro atoms. The largest absolute Gasteiger partial charge is 0.464 e. The first-order chi connectivity index (χ1) is 13.2. The molecular weight excluding hydrogens is 346 g/mol. The van der Waals surface area contributed by atoms with Crippen molar-refractivity contribution < 1.29 is 18.9 Å². The summed E-state index contributed by atoms with van der Waals surface area (Å²) in [6, 6.07) is 7.82. The Morgan fingerprint density at radius 3 is 2.93 bits per heavy atom. The summed E-state index contributed by atoms with van der Waals surface area (Å²) in [5, 5.41) is 14.0. The van der Waals surface area contributed by atoms with Gasteiger partial charge in [0.15, 0.2) is 5.82 Å². The third kappa shape index (κ3) is 4.03. The number of hydrogen-bond acceptors (Lipinski definition) is 6. The maximum atomic E-state index is 11.7. The molecule has 2 N–H and O–H groups in total. The Morgan fingerprint density at radius 1 is 1.30 bits per heavy atom. The number of amides is 1. The highest BCUT2D eigenvalue weighted by atomic mass is 16.5. The molecule has 142 valence electrons. The fraction of sp³-hybridized carbons (Fsp3) is 0.450. The molecule has 0 unspecified atom stereocenters. The lowest BCUT2D eigenvalue weighted by Gasteiger charge is -2.16. The first-order valence-electron chi connectivity index (χ1n) is 9.43. The topological polar surface area (TPSA) is 101 Å². The van der Waals surface area contributed by atoms with Crippen LogP contribution in [0.1, 0.15) is 61.7 Å². The SMILES string of the molecule is O=C(C[C@@H](CC1CCCC1)c1nc(Cc2coc3ccccc23)no1)NO. The fourth-order valence-corrected chi connectivity index (χ4v) is 4.03. The van der Waals surface area contributed by atoms with Crippen molar-refractivity contribution in [3.8, 4) is 0 Å². The van der Waals surface area contributed by atoms with E-state index in [-0.39, 0.29) is 12.3 Å². The molecule has 1 aromatic carbocycles. The van der Waals surface area contributed by atoms with Gasteiger partial charge in [-0.2, -0.15) is 4.98 Å². The van der Waals surface area contributed by atoms with Crippen molar-refractivity contribution in [3.63, 3.8) is 0 Å². The standard InChI is InChI=1S/C20H23N3O4/c24-19(22-25)11-14(9-13-5-1-2-6-13)20-21-18(23-27-20)10-15-12-26-17-8-4-3-7-16(15)17/h3-4,7-8,12-14,25H,1-2,5-6,9-11H2,(H,22,24)/t14-/m1/s1. The van der Waals surface area contributed by atoms with Gasteiger partial charge in [-0.05, 0) is 18.4 Å². The molecule has 27 heavy (non-hydrogen) atoms. The molecule has 0 saturated heterocycles. The third-order valence-electron chi connectivity index (χ3n) is 5.39. The van der Waals surface area contributed by atoms with Crippen LogP contribution < -0.4 is 5.48 Å². The second kappa shape index (κ2) is 7.92. The number of para-hydroxylation sites is 1. The van der Waals surface area contributed by atoms with Gasteiger partial charge in [-0.25, -0.2) is 5.48 Å². The van der Waals surface area contributed by atoms with E-state index < -0.39 is 5.91 Å². The zero-order valence-electron chi connectivity index (χ0n) is 15.1. The van der Waals surface area contributed by atoms with E-state index in [4.69, 9.17) is 14.1 Å². The van der Waals surface area contributed by atoms with Crippen molar-refractivity contribution in [2.45, 2.75) is 50.9 Å². The van der Waals surface area contributed by atoms with Crippen LogP contribution in [0.2, 0.25) is 0 Å². The first kappa shape index (κ1) is 17.7. The Balaban J connectivity index is 1.51. The number of furan rings is 1. The van der Waals surface area contributed by atoms with Gasteiger partial charge in [0.25, 0.3) is 0 Å². The maximum absolute atomic E-state index is 11.7. The van der Waals surface area contributed by atoms with Crippen molar-refractivity contribution in [3.05, 3.63) is 47.8 Å². The predicted molar refractivity (Wildman–Crippen MR) is 97.2 cm³/mol. The van der Waals surface area contributed by atoms with E-state index in [1.807, 2.05) is 24.3 Å². The average molecular weight is 369 g/mol. The second-order valence-corrected chi connectivity index (χ2v) is 7.30. The summed E-state index contributed by atoms with van der Waals surface area (Å²) < 4.78 is 11.1. The van der Waals surface area contributed by atoms with Crippen molar-refractivity contribution in [2.75, 3.05) is 0 Å². The van der Waals surface area contributed by atoms with E-state index in [0.717, 1.165) is 23.0 Å². The van der Waals surface area contributed by atoms with Crippen LogP contribution in [0.5, 0.6) is 0 Å². The van der Waals surface area contributed by atoms with E-state index in [9.17, 15) is 4.79 Å². The summed E-state index contributed by atoms with van der Waals surface area (Å²) in [6.07, 6.45) is 7.97. The summed E-state index contributed by atoms with van der Waals surface area (Å²) in [6.45, 7) is 0. The van der Waals surface area contributed by atoms with Crippen molar-refractivity contribution in [2.24, 2.45) is 5.92 Å². The monoisotopic (exact) mass is 369 g/mol. The lowest BCUT2D eigenvalue weighted by atomic mass is 9.90. The summed E-state index contributed by atoms with van der Waals surface area (Å²) in [7, 11) is 0. The Morgan fingerprint density at radius 2 is 2.11 bits per heavy atom. The van der Waals surface area contributed by atoms with E-state index in [0.29, 0.717) is 24.1 Å². The number of hydroxylamine groups is 1. The van der Waals surface area contributed by atoms with Crippen LogP contribution >= 0.6 is 0 Å². The van der Waals surface area contributed by atoms with Gasteiger partial charge >= 0.3 is 0 Å². The highest BCUT2D eigenvalue weighted by molar-refractivity contribution is 5.81. The van der Waals surface area contributed by atoms with E-state index in [1.165, 1.54) is 25.7 Å². The predicted octanol–water partition coefficient (Wildman–Crippen LogP) is 3.97. The summed E-state index contributed by atoms with van der Waals surface area (Å²) in [4.78, 5) is 16.3. The Bertz CT molecular complexity index is 911. The van der Waals surface area contributed by atoms with Gasteiger partial charge in [0.1, 0.15) is 5.58 Å². The van der Waals surface area contributed by atoms with Gasteiger partial charge in [-0.15, -0.1) is 0 Å². The molecule has 1 atom stereocenters. The number of fused-ring (bicyclic) bond motifs is 1. The van der Waals surface area contributed by atoms with Crippen LogP contribution in [-0.2, 0) is 11.2 Å². The van der Waals surface area contributed by atoms with Crippen LogP contribution in [0.3, 0.4) is 0 Å². The quantitative estimate of drug-likeness (QED) is 0.483. The molecule has 1 aliphatic carbocycles. The summed E-state index contributed by atoms with van der Waals surface area (Å²) in [5.74, 6) is 0.988. The lowest BCUT2D eigenvalue weighted by Crippen LogP contribution is -2.22. The van der Waals surface area contributed by atoms with Gasteiger partial charge in [-0.1, -0.05) is 49.0 Å². The van der Waals surface area contributed by atoms with Crippen LogP contribution in [-0.4, -0.2) is 21.3 Å². The molecule has 1 fully saturated rings. The smallest absolute Gasteiger partial charge is 0.244 e. The Labute approximate surface area is 156 Å². The number of benzene rings is 1. The highest BCUT2D eigenvalue weighted by Crippen LogP contribution is 2.35. The van der Waals surface area contributed by atoms with Crippen LogP contribution in [0.25, 0.3) is 11.0 Å². The minimum atomic E-state index is -0.432. The van der Waals surface area contributed by atoms with E-state index in [2.05, 4.69) is 10.1 Å². The van der Waals surface area contributed by atoms with Crippen LogP contribution in [0, 0.1) is 5.92 Å². The number of rotatable bonds is 7. The molecule has 2 aromatic heterocycles. The van der Waals surface area contributed by atoms with Crippen LogP contribution in [0.4, 0.5) is 0 Å². The van der Waals surface area contributed by atoms with Crippen molar-refractivity contribution >= 4 is 16.9 Å². The molecule has 1 saturated carbocycles. The lowest BCUT2D eigenvalue weighted by molar-refractivity contribution is -0.129. The molecule has 2 heterocycles. The second-order valence-electron chi connectivity index (χ2n) is 7.30. The molecule has 0 radical (unpaired) electrons. The normalized spacial score (nSPS) is 16.0. The molecule has 1 amide bonds. The number of nitrogens with one attached hydrogen (secondary N) is 1. The van der Waals surface area contributed by atoms with E-state index >= 15 is 0 Å². The summed E-state index contributed by atoms with van der Waals surface area (Å²) >= 11 is 0. The van der Waals surface area contributed by atoms with Gasteiger partial charge < -0.3 is 8.94 Å². The minimum Gasteiger partial charge on any atom is -0.464 e. The van der Waals surface area contributed by atoms with Gasteiger partial charge in [0.05, 0.1) is 6.26 Å². The number of carbonyl (C=O) groups is 1. The minimum absolute atomic E-state index is 0.142. The van der Waals surface area contributed by atoms with Gasteiger partial charge in [0, 0.05) is 29.7 Å². The van der Waals surface area contributed by atoms with Crippen LogP contribution in [0.15, 0.2) is 39.5 Å². The number of nitrogens with zero attached hydrogens (tertiary/aromatic N) is 2. The van der Waals surface area contributed by atoms with Crippen molar-refractivity contribution in [1.82, 2.24) is 15.6 Å². The van der Waals surface area contributed by atoms with Crippen molar-refractivity contribution in [1.29, 1.82) is 0 Å². The zero-order chi connectivity index (χ0) is 18.6. The molecular formula is C20H23N3O4. The van der Waals surface area contributed by atoms with Gasteiger partial charge in [0.2, 0.25) is 11.8 Å². The first-order valence-corrected chi connectivity index (χ1v) is 9.43. The molecule has 0 bridgehead atoms. The Hall–Kier alpha value is -2.67. The zero-order valence-corrected chi connectivity index (χ0v) is 15.1. The molecule has 4 rings (SSSR count). The number of carbonyl (C=O) groups excluding carboxylic acids is 1. The molecule has 0 aliphatic heterocycles. The molecule has 1 aliphatic rings. The fourth-order valence-electron chi connectivity index (χ4n) is 4.03. The van der Waals surface area contributed by atoms with Gasteiger partial charge in [-0.3, -0.25) is 10.0 Å². The molecule has 3 aromatic rings. The summed E-state index contributed by atoms with van der Waals surface area (Å²) in [5.41, 5.74) is 3.54. The highest BCUT2D eigenvalue weighted by Gasteiger charge is 2.27.